The molecule has 0 heterocycles. The van der Waals surface area contributed by atoms with Crippen molar-refractivity contribution in [1.29, 1.82) is 0 Å². The second kappa shape index (κ2) is 3.12. The molecule has 2 bridgehead atoms. The fourth-order valence-corrected chi connectivity index (χ4v) is 3.54. The smallest absolute Gasteiger partial charge is 0.00467 e. The Morgan fingerprint density at radius 2 is 2.14 bits per heavy atom. The summed E-state index contributed by atoms with van der Waals surface area (Å²) >= 11 is 0. The number of hydrogen-bond acceptors (Lipinski definition) is 0. The average Bonchev–Trinajstić information content (AvgIpc) is 2.37. The van der Waals surface area contributed by atoms with Gasteiger partial charge in [-0.2, -0.15) is 0 Å². The second-order valence-electron chi connectivity index (χ2n) is 5.10. The third kappa shape index (κ3) is 1.20. The van der Waals surface area contributed by atoms with Gasteiger partial charge in [0, 0.05) is 0 Å². The summed E-state index contributed by atoms with van der Waals surface area (Å²) < 4.78 is 0. The molecule has 0 saturated heterocycles. The van der Waals surface area contributed by atoms with Crippen molar-refractivity contribution in [3.63, 3.8) is 0 Å². The molecule has 3 atom stereocenters. The Morgan fingerprint density at radius 3 is 3.14 bits per heavy atom. The van der Waals surface area contributed by atoms with Gasteiger partial charge in [-0.05, 0) is 42.9 Å². The van der Waals surface area contributed by atoms with Crippen LogP contribution in [0.2, 0.25) is 0 Å². The first-order chi connectivity index (χ1) is 6.89. The van der Waals surface area contributed by atoms with Crippen molar-refractivity contribution >= 4 is 0 Å². The quantitative estimate of drug-likeness (QED) is 0.504. The Bertz CT molecular complexity index is 308. The maximum absolute atomic E-state index is 2.50. The van der Waals surface area contributed by atoms with E-state index in [0.29, 0.717) is 5.41 Å². The molecular weight excluding hydrogens is 168 g/mol. The van der Waals surface area contributed by atoms with E-state index in [9.17, 15) is 0 Å². The first-order valence-electron chi connectivity index (χ1n) is 5.92. The van der Waals surface area contributed by atoms with Crippen LogP contribution >= 0.6 is 0 Å². The topological polar surface area (TPSA) is 0 Å². The van der Waals surface area contributed by atoms with E-state index in [4.69, 9.17) is 0 Å². The summed E-state index contributed by atoms with van der Waals surface area (Å²) in [5.41, 5.74) is 0.529. The molecule has 0 N–H and O–H groups in total. The molecule has 0 aromatic carbocycles. The zero-order valence-electron chi connectivity index (χ0n) is 8.65. The predicted molar refractivity (Wildman–Crippen MR) is 59.9 cm³/mol. The van der Waals surface area contributed by atoms with Crippen LogP contribution in [0.15, 0.2) is 36.5 Å². The lowest BCUT2D eigenvalue weighted by molar-refractivity contribution is 0.274. The molecule has 0 aromatic rings. The van der Waals surface area contributed by atoms with Crippen LogP contribution in [-0.2, 0) is 0 Å². The van der Waals surface area contributed by atoms with Crippen LogP contribution in [0.4, 0.5) is 0 Å². The summed E-state index contributed by atoms with van der Waals surface area (Å²) in [6, 6.07) is 0. The number of rotatable bonds is 0. The third-order valence-corrected chi connectivity index (χ3v) is 4.27. The lowest BCUT2D eigenvalue weighted by atomic mass is 9.73. The van der Waals surface area contributed by atoms with E-state index in [1.54, 1.807) is 0 Å². The molecule has 0 aromatic heterocycles. The molecule has 0 unspecified atom stereocenters. The minimum absolute atomic E-state index is 0.529. The minimum Gasteiger partial charge on any atom is -0.0876 e. The van der Waals surface area contributed by atoms with E-state index >= 15 is 0 Å². The number of fused-ring (bicyclic) bond motifs is 1. The summed E-state index contributed by atoms with van der Waals surface area (Å²) in [6.45, 7) is 0. The van der Waals surface area contributed by atoms with Gasteiger partial charge in [-0.3, -0.25) is 0 Å². The fourth-order valence-electron chi connectivity index (χ4n) is 3.54. The Kier molecular flexibility index (Phi) is 1.90. The van der Waals surface area contributed by atoms with E-state index < -0.39 is 0 Å². The molecule has 3 aliphatic carbocycles. The normalized spacial score (nSPS) is 44.6. The molecule has 3 aliphatic rings. The molecule has 0 aliphatic heterocycles. The van der Waals surface area contributed by atoms with Gasteiger partial charge in [-0.15, -0.1) is 0 Å². The lowest BCUT2D eigenvalue weighted by Gasteiger charge is -2.31. The van der Waals surface area contributed by atoms with Crippen molar-refractivity contribution < 1.29 is 0 Å². The van der Waals surface area contributed by atoms with Gasteiger partial charge in [-0.1, -0.05) is 42.9 Å². The Balaban J connectivity index is 2.03. The predicted octanol–water partition coefficient (Wildman–Crippen LogP) is 3.87. The highest BCUT2D eigenvalue weighted by Gasteiger charge is 2.41. The summed E-state index contributed by atoms with van der Waals surface area (Å²) in [4.78, 5) is 0. The summed E-state index contributed by atoms with van der Waals surface area (Å²) in [5, 5.41) is 0. The maximum Gasteiger partial charge on any atom is -0.00467 e. The van der Waals surface area contributed by atoms with E-state index in [-0.39, 0.29) is 0 Å². The Hall–Kier alpha value is -0.780. The van der Waals surface area contributed by atoms with Crippen LogP contribution in [0.25, 0.3) is 0 Å². The molecular formula is C14H18. The first-order valence-corrected chi connectivity index (χ1v) is 5.92. The molecule has 14 heavy (non-hydrogen) atoms. The van der Waals surface area contributed by atoms with Gasteiger partial charge in [0.25, 0.3) is 0 Å². The molecule has 1 fully saturated rings. The molecule has 0 nitrogen and oxygen atoms in total. The van der Waals surface area contributed by atoms with Gasteiger partial charge in [-0.25, -0.2) is 0 Å². The Morgan fingerprint density at radius 1 is 1.14 bits per heavy atom. The third-order valence-electron chi connectivity index (χ3n) is 4.27. The molecule has 0 amide bonds. The van der Waals surface area contributed by atoms with Gasteiger partial charge in [0.1, 0.15) is 0 Å². The first kappa shape index (κ1) is 8.52. The van der Waals surface area contributed by atoms with Crippen LogP contribution in [0.1, 0.15) is 32.1 Å². The summed E-state index contributed by atoms with van der Waals surface area (Å²) in [5.74, 6) is 1.63. The van der Waals surface area contributed by atoms with Gasteiger partial charge in [0.2, 0.25) is 0 Å². The van der Waals surface area contributed by atoms with Gasteiger partial charge >= 0.3 is 0 Å². The van der Waals surface area contributed by atoms with Crippen molar-refractivity contribution in [1.82, 2.24) is 0 Å². The van der Waals surface area contributed by atoms with Crippen molar-refractivity contribution in [2.45, 2.75) is 32.1 Å². The number of allylic oxidation sites excluding steroid dienone is 6. The van der Waals surface area contributed by atoms with Crippen LogP contribution in [0.5, 0.6) is 0 Å². The standard InChI is InChI=1S/C14H18/c1-2-9-14-10-4-8-13(14)7-3-6-12(5-1)11-14/h1-3,5,7,9,12-13H,4,6,8,10-11H2/t12-,13-,14+/m1/s1. The molecule has 74 valence electrons. The zero-order chi connectivity index (χ0) is 9.43. The highest BCUT2D eigenvalue weighted by atomic mass is 14.5. The van der Waals surface area contributed by atoms with E-state index in [1.165, 1.54) is 32.1 Å². The maximum atomic E-state index is 2.50. The molecule has 1 saturated carbocycles. The highest BCUT2D eigenvalue weighted by molar-refractivity contribution is 5.22. The van der Waals surface area contributed by atoms with Crippen LogP contribution in [0, 0.1) is 17.3 Å². The fraction of sp³-hybridized carbons (Fsp3) is 0.571. The zero-order valence-corrected chi connectivity index (χ0v) is 8.65. The van der Waals surface area contributed by atoms with Crippen molar-refractivity contribution in [2.75, 3.05) is 0 Å². The lowest BCUT2D eigenvalue weighted by Crippen LogP contribution is -2.22. The van der Waals surface area contributed by atoms with Gasteiger partial charge in [0.05, 0.1) is 0 Å². The number of hydrogen-bond donors (Lipinski definition) is 0. The van der Waals surface area contributed by atoms with Crippen LogP contribution in [0.3, 0.4) is 0 Å². The summed E-state index contributed by atoms with van der Waals surface area (Å²) in [7, 11) is 0. The van der Waals surface area contributed by atoms with Crippen LogP contribution in [-0.4, -0.2) is 0 Å². The van der Waals surface area contributed by atoms with Crippen molar-refractivity contribution in [3.05, 3.63) is 36.5 Å². The molecule has 0 radical (unpaired) electrons. The SMILES string of the molecule is C1=C[C@@H]2CC=C[C@@H]3CCC[C@@]3(C=C1)C2. The van der Waals surface area contributed by atoms with Crippen molar-refractivity contribution in [2.24, 2.45) is 17.3 Å². The Labute approximate surface area is 86.4 Å². The van der Waals surface area contributed by atoms with Gasteiger partial charge in [0.15, 0.2) is 0 Å². The molecule has 0 heteroatoms. The minimum atomic E-state index is 0.529. The largest absolute Gasteiger partial charge is 0.0876 e. The molecule has 3 rings (SSSR count). The van der Waals surface area contributed by atoms with Crippen molar-refractivity contribution in [3.8, 4) is 0 Å². The average molecular weight is 186 g/mol. The van der Waals surface area contributed by atoms with E-state index in [1.807, 2.05) is 0 Å². The monoisotopic (exact) mass is 186 g/mol. The van der Waals surface area contributed by atoms with E-state index in [2.05, 4.69) is 36.5 Å². The second-order valence-corrected chi connectivity index (χ2v) is 5.10. The highest BCUT2D eigenvalue weighted by Crippen LogP contribution is 2.52. The van der Waals surface area contributed by atoms with Gasteiger partial charge < -0.3 is 0 Å². The van der Waals surface area contributed by atoms with Crippen LogP contribution < -0.4 is 0 Å². The molecule has 1 spiro atoms. The van der Waals surface area contributed by atoms with E-state index in [0.717, 1.165) is 11.8 Å². The summed E-state index contributed by atoms with van der Waals surface area (Å²) in [6.07, 6.45) is 21.3.